The van der Waals surface area contributed by atoms with E-state index in [1.165, 1.54) is 12.0 Å². The average molecular weight is 490 g/mol. The second-order valence-corrected chi connectivity index (χ2v) is 10.7. The third-order valence-electron chi connectivity index (χ3n) is 5.36. The molecule has 2 aromatic rings. The van der Waals surface area contributed by atoms with Crippen LogP contribution in [0.1, 0.15) is 31.9 Å². The Morgan fingerprint density at radius 1 is 1.00 bits per heavy atom. The zero-order valence-corrected chi connectivity index (χ0v) is 21.6. The van der Waals surface area contributed by atoms with Gasteiger partial charge in [0, 0.05) is 13.1 Å². The van der Waals surface area contributed by atoms with Crippen LogP contribution in [0.5, 0.6) is 5.75 Å². The Balaban J connectivity index is 2.34. The summed E-state index contributed by atoms with van der Waals surface area (Å²) in [5.74, 6) is 0.0618. The van der Waals surface area contributed by atoms with Crippen LogP contribution in [0, 0.1) is 12.8 Å². The van der Waals surface area contributed by atoms with Crippen LogP contribution < -0.4 is 14.4 Å². The molecule has 1 atom stereocenters. The highest BCUT2D eigenvalue weighted by molar-refractivity contribution is 7.92. The van der Waals surface area contributed by atoms with Gasteiger partial charge in [0.25, 0.3) is 0 Å². The van der Waals surface area contributed by atoms with Crippen LogP contribution in [0.25, 0.3) is 0 Å². The molecule has 2 aromatic carbocycles. The minimum Gasteiger partial charge on any atom is -0.497 e. The van der Waals surface area contributed by atoms with Crippen molar-refractivity contribution < 1.29 is 22.7 Å². The van der Waals surface area contributed by atoms with Gasteiger partial charge in [-0.3, -0.25) is 13.9 Å². The molecule has 0 radical (unpaired) electrons. The van der Waals surface area contributed by atoms with Gasteiger partial charge in [-0.05, 0) is 49.6 Å². The second-order valence-electron chi connectivity index (χ2n) is 8.79. The number of nitrogens with zero attached hydrogens (tertiary/aromatic N) is 2. The Morgan fingerprint density at radius 3 is 2.09 bits per heavy atom. The van der Waals surface area contributed by atoms with E-state index in [2.05, 4.69) is 5.32 Å². The first kappa shape index (κ1) is 27.2. The molecule has 9 heteroatoms. The highest BCUT2D eigenvalue weighted by Gasteiger charge is 2.30. The Kier molecular flexibility index (Phi) is 9.49. The molecule has 2 amide bonds. The molecule has 0 aliphatic heterocycles. The van der Waals surface area contributed by atoms with Crippen LogP contribution in [-0.2, 0) is 26.2 Å². The predicted octanol–water partition coefficient (Wildman–Crippen LogP) is 2.96. The molecule has 1 N–H and O–H groups in total. The van der Waals surface area contributed by atoms with Crippen molar-refractivity contribution >= 4 is 27.5 Å². The van der Waals surface area contributed by atoms with E-state index >= 15 is 0 Å². The number of nitrogens with one attached hydrogen (secondary N) is 1. The number of ether oxygens (including phenoxy) is 1. The van der Waals surface area contributed by atoms with Gasteiger partial charge in [-0.2, -0.15) is 0 Å². The van der Waals surface area contributed by atoms with E-state index in [0.29, 0.717) is 18.0 Å². The lowest BCUT2D eigenvalue weighted by atomic mass is 10.1. The molecule has 0 aliphatic rings. The van der Waals surface area contributed by atoms with E-state index < -0.39 is 28.5 Å². The van der Waals surface area contributed by atoms with Gasteiger partial charge in [0.2, 0.25) is 21.8 Å². The fraction of sp³-hybridized carbons (Fsp3) is 0.440. The largest absolute Gasteiger partial charge is 0.497 e. The van der Waals surface area contributed by atoms with Gasteiger partial charge in [-0.15, -0.1) is 0 Å². The summed E-state index contributed by atoms with van der Waals surface area (Å²) in [5.41, 5.74) is 2.26. The molecule has 0 unspecified atom stereocenters. The molecule has 0 aliphatic carbocycles. The van der Waals surface area contributed by atoms with Crippen LogP contribution in [-0.4, -0.2) is 57.6 Å². The molecule has 8 nitrogen and oxygen atoms in total. The number of sulfonamides is 1. The SMILES string of the molecule is COc1ccc(N(CC(=O)N(Cc2ccc(C)cc2)[C@H](C)C(=O)NCC(C)C)S(C)(=O)=O)cc1. The van der Waals surface area contributed by atoms with E-state index in [1.54, 1.807) is 31.2 Å². The van der Waals surface area contributed by atoms with Crippen molar-refractivity contribution in [2.75, 3.05) is 30.8 Å². The Hall–Kier alpha value is -3.07. The molecule has 2 rings (SSSR count). The van der Waals surface area contributed by atoms with E-state index in [1.807, 2.05) is 45.0 Å². The maximum absolute atomic E-state index is 13.5. The smallest absolute Gasteiger partial charge is 0.244 e. The van der Waals surface area contributed by atoms with Crippen molar-refractivity contribution in [1.82, 2.24) is 10.2 Å². The van der Waals surface area contributed by atoms with E-state index in [4.69, 9.17) is 4.74 Å². The van der Waals surface area contributed by atoms with Gasteiger partial charge in [0.1, 0.15) is 18.3 Å². The fourth-order valence-corrected chi connectivity index (χ4v) is 4.14. The van der Waals surface area contributed by atoms with Crippen molar-refractivity contribution in [1.29, 1.82) is 0 Å². The summed E-state index contributed by atoms with van der Waals surface area (Å²) in [7, 11) is -2.25. The maximum Gasteiger partial charge on any atom is 0.244 e. The van der Waals surface area contributed by atoms with Crippen molar-refractivity contribution in [3.63, 3.8) is 0 Å². The summed E-state index contributed by atoms with van der Waals surface area (Å²) in [6.07, 6.45) is 1.05. The maximum atomic E-state index is 13.5. The van der Waals surface area contributed by atoms with Gasteiger partial charge in [0.15, 0.2) is 0 Å². The van der Waals surface area contributed by atoms with Crippen LogP contribution in [0.2, 0.25) is 0 Å². The van der Waals surface area contributed by atoms with Crippen molar-refractivity contribution in [3.8, 4) is 5.75 Å². The highest BCUT2D eigenvalue weighted by atomic mass is 32.2. The standard InChI is InChI=1S/C25H35N3O5S/c1-18(2)15-26-25(30)20(4)27(16-21-9-7-19(3)8-10-21)24(29)17-28(34(6,31)32)22-11-13-23(33-5)14-12-22/h7-14,18,20H,15-17H2,1-6H3,(H,26,30)/t20-/m1/s1. The first-order valence-corrected chi connectivity index (χ1v) is 13.0. The van der Waals surface area contributed by atoms with Crippen LogP contribution >= 0.6 is 0 Å². The van der Waals surface area contributed by atoms with Gasteiger partial charge in [0.05, 0.1) is 19.1 Å². The Bertz CT molecular complexity index is 1070. The fourth-order valence-electron chi connectivity index (χ4n) is 3.29. The molecule has 0 aromatic heterocycles. The minimum atomic E-state index is -3.77. The lowest BCUT2D eigenvalue weighted by molar-refractivity contribution is -0.139. The summed E-state index contributed by atoms with van der Waals surface area (Å²) < 4.78 is 31.3. The van der Waals surface area contributed by atoms with Gasteiger partial charge in [-0.1, -0.05) is 43.7 Å². The normalized spacial score (nSPS) is 12.2. The molecule has 0 fully saturated rings. The first-order valence-electron chi connectivity index (χ1n) is 11.2. The highest BCUT2D eigenvalue weighted by Crippen LogP contribution is 2.22. The minimum absolute atomic E-state index is 0.176. The van der Waals surface area contributed by atoms with Gasteiger partial charge >= 0.3 is 0 Å². The number of hydrogen-bond acceptors (Lipinski definition) is 5. The number of hydrogen-bond donors (Lipinski definition) is 1. The van der Waals surface area contributed by atoms with Crippen LogP contribution in [0.15, 0.2) is 48.5 Å². The average Bonchev–Trinajstić information content (AvgIpc) is 2.79. The molecule has 34 heavy (non-hydrogen) atoms. The summed E-state index contributed by atoms with van der Waals surface area (Å²) in [6, 6.07) is 13.3. The molecule has 0 heterocycles. The number of amides is 2. The molecule has 0 spiro atoms. The van der Waals surface area contributed by atoms with Crippen molar-refractivity contribution in [2.45, 2.75) is 40.3 Å². The molecule has 0 bridgehead atoms. The molecular weight excluding hydrogens is 454 g/mol. The molecule has 0 saturated carbocycles. The van der Waals surface area contributed by atoms with E-state index in [-0.39, 0.29) is 18.4 Å². The quantitative estimate of drug-likeness (QED) is 0.524. The topological polar surface area (TPSA) is 96.0 Å². The summed E-state index contributed by atoms with van der Waals surface area (Å²) in [6.45, 7) is 7.82. The zero-order valence-electron chi connectivity index (χ0n) is 20.7. The lowest BCUT2D eigenvalue weighted by Gasteiger charge is -2.31. The first-order chi connectivity index (χ1) is 15.9. The predicted molar refractivity (Wildman–Crippen MR) is 134 cm³/mol. The third-order valence-corrected chi connectivity index (χ3v) is 6.51. The molecular formula is C25H35N3O5S. The molecule has 0 saturated heterocycles. The number of anilines is 1. The Labute approximate surface area is 202 Å². The lowest BCUT2D eigenvalue weighted by Crippen LogP contribution is -2.51. The second kappa shape index (κ2) is 11.9. The number of carbonyl (C=O) groups excluding carboxylic acids is 2. The molecule has 186 valence electrons. The number of methoxy groups -OCH3 is 1. The number of carbonyl (C=O) groups is 2. The van der Waals surface area contributed by atoms with Gasteiger partial charge in [-0.25, -0.2) is 8.42 Å². The number of aryl methyl sites for hydroxylation is 1. The van der Waals surface area contributed by atoms with Crippen LogP contribution in [0.4, 0.5) is 5.69 Å². The Morgan fingerprint density at radius 2 is 1.59 bits per heavy atom. The summed E-state index contributed by atoms with van der Waals surface area (Å²) in [5, 5.41) is 2.86. The van der Waals surface area contributed by atoms with Crippen molar-refractivity contribution in [2.24, 2.45) is 5.92 Å². The van der Waals surface area contributed by atoms with Crippen LogP contribution in [0.3, 0.4) is 0 Å². The summed E-state index contributed by atoms with van der Waals surface area (Å²) >= 11 is 0. The van der Waals surface area contributed by atoms with E-state index in [9.17, 15) is 18.0 Å². The number of rotatable bonds is 11. The summed E-state index contributed by atoms with van der Waals surface area (Å²) in [4.78, 5) is 27.7. The monoisotopic (exact) mass is 489 g/mol. The van der Waals surface area contributed by atoms with Crippen molar-refractivity contribution in [3.05, 3.63) is 59.7 Å². The van der Waals surface area contributed by atoms with E-state index in [0.717, 1.165) is 21.7 Å². The third kappa shape index (κ3) is 7.76. The van der Waals surface area contributed by atoms with Gasteiger partial charge < -0.3 is 15.0 Å². The number of benzene rings is 2. The zero-order chi connectivity index (χ0) is 25.5.